The highest BCUT2D eigenvalue weighted by atomic mass is 16.2. The molecule has 110 valence electrons. The van der Waals surface area contributed by atoms with Crippen LogP contribution in [-0.4, -0.2) is 13.0 Å². The monoisotopic (exact) mass is 281 g/mol. The quantitative estimate of drug-likeness (QED) is 0.808. The van der Waals surface area contributed by atoms with Crippen LogP contribution in [0.4, 0.5) is 5.69 Å². The molecule has 0 aliphatic carbocycles. The third kappa shape index (κ3) is 4.19. The van der Waals surface area contributed by atoms with Crippen molar-refractivity contribution in [2.45, 2.75) is 27.2 Å². The minimum atomic E-state index is 0.0171. The summed E-state index contributed by atoms with van der Waals surface area (Å²) in [5.41, 5.74) is 3.14. The number of carbonyl (C=O) groups excluding carboxylic acids is 1. The number of amides is 1. The molecule has 2 aromatic rings. The number of rotatable bonds is 3. The summed E-state index contributed by atoms with van der Waals surface area (Å²) >= 11 is 0. The van der Waals surface area contributed by atoms with E-state index in [2.05, 4.69) is 32.9 Å². The second-order valence-corrected chi connectivity index (χ2v) is 6.64. The number of hydrogen-bond acceptors (Lipinski definition) is 1. The van der Waals surface area contributed by atoms with Crippen molar-refractivity contribution in [1.29, 1.82) is 0 Å². The predicted octanol–water partition coefficient (Wildman–Crippen LogP) is 4.55. The van der Waals surface area contributed by atoms with Crippen molar-refractivity contribution in [1.82, 2.24) is 0 Å². The molecule has 0 spiro atoms. The molecule has 2 rings (SSSR count). The Bertz CT molecular complexity index is 611. The van der Waals surface area contributed by atoms with E-state index in [1.807, 2.05) is 49.5 Å². The summed E-state index contributed by atoms with van der Waals surface area (Å²) in [7, 11) is 1.82. The van der Waals surface area contributed by atoms with Gasteiger partial charge in [-0.2, -0.15) is 0 Å². The lowest BCUT2D eigenvalue weighted by atomic mass is 9.88. The standard InChI is InChI=1S/C19H23NO/c1-19(2,3)14-15-9-8-12-17(13-15)20(4)18(21)16-10-6-5-7-11-16/h5-13H,14H2,1-4H3. The number of benzene rings is 2. The van der Waals surface area contributed by atoms with E-state index in [1.165, 1.54) is 5.56 Å². The number of hydrogen-bond donors (Lipinski definition) is 0. The fourth-order valence-corrected chi connectivity index (χ4v) is 2.38. The van der Waals surface area contributed by atoms with Gasteiger partial charge in [0.1, 0.15) is 0 Å². The van der Waals surface area contributed by atoms with E-state index in [0.717, 1.165) is 12.1 Å². The predicted molar refractivity (Wildman–Crippen MR) is 88.8 cm³/mol. The van der Waals surface area contributed by atoms with Crippen LogP contribution < -0.4 is 4.90 Å². The molecule has 1 amide bonds. The Kier molecular flexibility index (Phi) is 4.46. The minimum absolute atomic E-state index is 0.0171. The molecule has 0 fully saturated rings. The van der Waals surface area contributed by atoms with E-state index >= 15 is 0 Å². The molecular weight excluding hydrogens is 258 g/mol. The molecule has 0 aliphatic heterocycles. The molecule has 0 N–H and O–H groups in total. The van der Waals surface area contributed by atoms with Crippen molar-refractivity contribution in [2.24, 2.45) is 5.41 Å². The van der Waals surface area contributed by atoms with Crippen molar-refractivity contribution < 1.29 is 4.79 Å². The molecule has 0 heterocycles. The number of nitrogens with zero attached hydrogens (tertiary/aromatic N) is 1. The summed E-state index contributed by atoms with van der Waals surface area (Å²) in [5.74, 6) is 0.0171. The van der Waals surface area contributed by atoms with Crippen LogP contribution in [0.3, 0.4) is 0 Å². The first-order valence-corrected chi connectivity index (χ1v) is 7.29. The van der Waals surface area contributed by atoms with Crippen LogP contribution in [0.25, 0.3) is 0 Å². The highest BCUT2D eigenvalue weighted by molar-refractivity contribution is 6.05. The van der Waals surface area contributed by atoms with Gasteiger partial charge in [0.2, 0.25) is 0 Å². The first kappa shape index (κ1) is 15.3. The summed E-state index contributed by atoms with van der Waals surface area (Å²) in [5, 5.41) is 0. The van der Waals surface area contributed by atoms with Gasteiger partial charge in [0.15, 0.2) is 0 Å². The highest BCUT2D eigenvalue weighted by Gasteiger charge is 2.15. The number of carbonyl (C=O) groups is 1. The normalized spacial score (nSPS) is 11.2. The summed E-state index contributed by atoms with van der Waals surface area (Å²) in [4.78, 5) is 14.2. The Morgan fingerprint density at radius 2 is 1.67 bits per heavy atom. The summed E-state index contributed by atoms with van der Waals surface area (Å²) in [6.45, 7) is 6.66. The lowest BCUT2D eigenvalue weighted by molar-refractivity contribution is 0.0993. The van der Waals surface area contributed by atoms with Crippen LogP contribution >= 0.6 is 0 Å². The van der Waals surface area contributed by atoms with E-state index in [9.17, 15) is 4.79 Å². The van der Waals surface area contributed by atoms with E-state index in [1.54, 1.807) is 4.90 Å². The topological polar surface area (TPSA) is 20.3 Å². The zero-order valence-electron chi connectivity index (χ0n) is 13.3. The molecule has 2 nitrogen and oxygen atoms in total. The Morgan fingerprint density at radius 1 is 1.00 bits per heavy atom. The van der Waals surface area contributed by atoms with Crippen LogP contribution in [0.5, 0.6) is 0 Å². The minimum Gasteiger partial charge on any atom is -0.311 e. The molecule has 0 radical (unpaired) electrons. The van der Waals surface area contributed by atoms with Crippen LogP contribution in [0.1, 0.15) is 36.7 Å². The first-order chi connectivity index (χ1) is 9.87. The van der Waals surface area contributed by atoms with Gasteiger partial charge in [-0.15, -0.1) is 0 Å². The van der Waals surface area contributed by atoms with Crippen molar-refractivity contribution in [3.63, 3.8) is 0 Å². The SMILES string of the molecule is CN(C(=O)c1ccccc1)c1cccc(CC(C)(C)C)c1. The maximum Gasteiger partial charge on any atom is 0.258 e. The van der Waals surface area contributed by atoms with E-state index in [-0.39, 0.29) is 11.3 Å². The molecule has 0 aromatic heterocycles. The number of anilines is 1. The zero-order chi connectivity index (χ0) is 15.5. The second kappa shape index (κ2) is 6.13. The molecule has 2 aromatic carbocycles. The summed E-state index contributed by atoms with van der Waals surface area (Å²) < 4.78 is 0. The fourth-order valence-electron chi connectivity index (χ4n) is 2.38. The van der Waals surface area contributed by atoms with Crippen molar-refractivity contribution in [3.05, 3.63) is 65.7 Å². The first-order valence-electron chi connectivity index (χ1n) is 7.29. The lowest BCUT2D eigenvalue weighted by Gasteiger charge is -2.21. The summed E-state index contributed by atoms with van der Waals surface area (Å²) in [6.07, 6.45) is 0.994. The van der Waals surface area contributed by atoms with Crippen molar-refractivity contribution >= 4 is 11.6 Å². The van der Waals surface area contributed by atoms with Gasteiger partial charge in [-0.05, 0) is 41.7 Å². The smallest absolute Gasteiger partial charge is 0.258 e. The van der Waals surface area contributed by atoms with Crippen molar-refractivity contribution in [3.8, 4) is 0 Å². The van der Waals surface area contributed by atoms with Crippen LogP contribution in [0.15, 0.2) is 54.6 Å². The Labute approximate surface area is 127 Å². The fraction of sp³-hybridized carbons (Fsp3) is 0.316. The molecule has 2 heteroatoms. The Morgan fingerprint density at radius 3 is 2.29 bits per heavy atom. The van der Waals surface area contributed by atoms with Gasteiger partial charge < -0.3 is 4.90 Å². The van der Waals surface area contributed by atoms with E-state index < -0.39 is 0 Å². The van der Waals surface area contributed by atoms with Gasteiger partial charge in [-0.25, -0.2) is 0 Å². The van der Waals surface area contributed by atoms with Gasteiger partial charge in [-0.3, -0.25) is 4.79 Å². The molecule has 0 saturated carbocycles. The molecular formula is C19H23NO. The van der Waals surface area contributed by atoms with Crippen LogP contribution in [0.2, 0.25) is 0 Å². The third-order valence-electron chi connectivity index (χ3n) is 3.36. The molecule has 0 unspecified atom stereocenters. The van der Waals surface area contributed by atoms with Gasteiger partial charge in [0, 0.05) is 18.3 Å². The van der Waals surface area contributed by atoms with Crippen LogP contribution in [-0.2, 0) is 6.42 Å². The zero-order valence-corrected chi connectivity index (χ0v) is 13.3. The second-order valence-electron chi connectivity index (χ2n) is 6.64. The average molecular weight is 281 g/mol. The maximum absolute atomic E-state index is 12.5. The lowest BCUT2D eigenvalue weighted by Crippen LogP contribution is -2.26. The van der Waals surface area contributed by atoms with Gasteiger partial charge in [0.25, 0.3) is 5.91 Å². The average Bonchev–Trinajstić information content (AvgIpc) is 2.45. The maximum atomic E-state index is 12.5. The molecule has 0 atom stereocenters. The van der Waals surface area contributed by atoms with Crippen molar-refractivity contribution in [2.75, 3.05) is 11.9 Å². The Hall–Kier alpha value is -2.09. The molecule has 0 aliphatic rings. The third-order valence-corrected chi connectivity index (χ3v) is 3.36. The molecule has 0 saturated heterocycles. The van der Waals surface area contributed by atoms with Gasteiger partial charge >= 0.3 is 0 Å². The summed E-state index contributed by atoms with van der Waals surface area (Å²) in [6, 6.07) is 17.6. The largest absolute Gasteiger partial charge is 0.311 e. The highest BCUT2D eigenvalue weighted by Crippen LogP contribution is 2.24. The molecule has 0 bridgehead atoms. The van der Waals surface area contributed by atoms with E-state index in [0.29, 0.717) is 5.56 Å². The molecule has 21 heavy (non-hydrogen) atoms. The van der Waals surface area contributed by atoms with Gasteiger partial charge in [0.05, 0.1) is 0 Å². The van der Waals surface area contributed by atoms with Crippen LogP contribution in [0, 0.1) is 5.41 Å². The Balaban J connectivity index is 2.22. The van der Waals surface area contributed by atoms with Gasteiger partial charge in [-0.1, -0.05) is 51.1 Å². The van der Waals surface area contributed by atoms with E-state index in [4.69, 9.17) is 0 Å².